The van der Waals surface area contributed by atoms with Gasteiger partial charge in [-0.3, -0.25) is 4.31 Å². The third kappa shape index (κ3) is 3.92. The highest BCUT2D eigenvalue weighted by molar-refractivity contribution is 7.90. The number of hydrogen-bond acceptors (Lipinski definition) is 3. The molecule has 1 aliphatic carbocycles. The average molecular weight is 283 g/mol. The van der Waals surface area contributed by atoms with Crippen molar-refractivity contribution in [3.05, 3.63) is 29.8 Å². The van der Waals surface area contributed by atoms with Crippen molar-refractivity contribution in [3.8, 4) is 0 Å². The first-order valence-corrected chi connectivity index (χ1v) is 8.03. The van der Waals surface area contributed by atoms with Crippen LogP contribution in [0.1, 0.15) is 24.8 Å². The number of nitrogens with zero attached hydrogens (tertiary/aromatic N) is 1. The van der Waals surface area contributed by atoms with Gasteiger partial charge in [0.2, 0.25) is 0 Å². The molecule has 2 rings (SSSR count). The van der Waals surface area contributed by atoms with E-state index >= 15 is 0 Å². The zero-order chi connectivity index (χ0) is 13.9. The summed E-state index contributed by atoms with van der Waals surface area (Å²) in [6.07, 6.45) is 2.50. The summed E-state index contributed by atoms with van der Waals surface area (Å²) in [4.78, 5) is 0. The van der Waals surface area contributed by atoms with Gasteiger partial charge in [-0.25, -0.2) is 0 Å². The number of nitrogens with one attached hydrogen (secondary N) is 1. The van der Waals surface area contributed by atoms with Crippen LogP contribution in [0.15, 0.2) is 24.3 Å². The Balaban J connectivity index is 2.21. The second kappa shape index (κ2) is 5.90. The lowest BCUT2D eigenvalue weighted by atomic mass is 10.2. The summed E-state index contributed by atoms with van der Waals surface area (Å²) in [7, 11) is -3.47. The minimum atomic E-state index is -3.47. The fourth-order valence-corrected chi connectivity index (χ4v) is 3.36. The highest BCUT2D eigenvalue weighted by Gasteiger charge is 2.30. The van der Waals surface area contributed by atoms with Gasteiger partial charge in [0.1, 0.15) is 0 Å². The quantitative estimate of drug-likeness (QED) is 0.788. The molecule has 1 aromatic carbocycles. The topological polar surface area (TPSA) is 75.4 Å². The number of anilines is 1. The number of rotatable bonds is 7. The predicted molar refractivity (Wildman–Crippen MR) is 77.3 cm³/mol. The molecule has 0 saturated heterocycles. The van der Waals surface area contributed by atoms with Crippen LogP contribution < -0.4 is 14.8 Å². The van der Waals surface area contributed by atoms with Crippen LogP contribution >= 0.6 is 0 Å². The molecule has 1 aromatic rings. The van der Waals surface area contributed by atoms with Crippen molar-refractivity contribution in [2.45, 2.75) is 32.2 Å². The number of hydrogen-bond donors (Lipinski definition) is 2. The second-order valence-corrected chi connectivity index (χ2v) is 6.57. The molecule has 3 N–H and O–H groups in total. The van der Waals surface area contributed by atoms with Crippen LogP contribution in [0.2, 0.25) is 0 Å². The Morgan fingerprint density at radius 3 is 2.47 bits per heavy atom. The minimum absolute atomic E-state index is 0.107. The molecule has 0 aromatic heterocycles. The van der Waals surface area contributed by atoms with Gasteiger partial charge >= 0.3 is 10.2 Å². The van der Waals surface area contributed by atoms with Gasteiger partial charge in [0, 0.05) is 12.6 Å². The number of nitrogens with two attached hydrogens (primary N) is 1. The van der Waals surface area contributed by atoms with E-state index < -0.39 is 10.2 Å². The first-order valence-electron chi connectivity index (χ1n) is 6.59. The Kier molecular flexibility index (Phi) is 4.44. The molecule has 0 spiro atoms. The molecule has 1 fully saturated rings. The van der Waals surface area contributed by atoms with Crippen molar-refractivity contribution in [2.24, 2.45) is 5.73 Å². The molecule has 106 valence electrons. The highest BCUT2D eigenvalue weighted by atomic mass is 32.2. The number of benzene rings is 1. The van der Waals surface area contributed by atoms with Crippen molar-refractivity contribution < 1.29 is 8.42 Å². The van der Waals surface area contributed by atoms with Crippen molar-refractivity contribution in [3.63, 3.8) is 0 Å². The molecular formula is C13H21N3O2S. The van der Waals surface area contributed by atoms with Gasteiger partial charge in [0.25, 0.3) is 0 Å². The molecule has 0 unspecified atom stereocenters. The van der Waals surface area contributed by atoms with E-state index in [1.54, 1.807) is 0 Å². The zero-order valence-electron chi connectivity index (χ0n) is 11.2. The molecular weight excluding hydrogens is 262 g/mol. The summed E-state index contributed by atoms with van der Waals surface area (Å²) in [5, 5.41) is 0. The van der Waals surface area contributed by atoms with Gasteiger partial charge in [-0.2, -0.15) is 13.1 Å². The minimum Gasteiger partial charge on any atom is -0.330 e. The Morgan fingerprint density at radius 1 is 1.32 bits per heavy atom. The molecule has 0 amide bonds. The fraction of sp³-hybridized carbons (Fsp3) is 0.538. The maximum absolute atomic E-state index is 12.3. The number of aryl methyl sites for hydroxylation is 1. The van der Waals surface area contributed by atoms with E-state index in [1.165, 1.54) is 4.31 Å². The summed E-state index contributed by atoms with van der Waals surface area (Å²) >= 11 is 0. The van der Waals surface area contributed by atoms with Crippen LogP contribution in [0.25, 0.3) is 0 Å². The molecule has 6 heteroatoms. The van der Waals surface area contributed by atoms with E-state index in [4.69, 9.17) is 5.73 Å². The fourth-order valence-electron chi connectivity index (χ4n) is 1.81. The van der Waals surface area contributed by atoms with Crippen LogP contribution in [0.3, 0.4) is 0 Å². The van der Waals surface area contributed by atoms with Crippen LogP contribution in [0.4, 0.5) is 5.69 Å². The molecule has 0 atom stereocenters. The molecule has 1 saturated carbocycles. The average Bonchev–Trinajstić information content (AvgIpc) is 3.15. The lowest BCUT2D eigenvalue weighted by molar-refractivity contribution is 0.574. The standard InChI is InChI=1S/C13H21N3O2S/c1-11-3-7-13(8-4-11)16(10-2-9-14)19(17,18)15-12-5-6-12/h3-4,7-8,12,15H,2,5-6,9-10,14H2,1H3. The van der Waals surface area contributed by atoms with E-state index in [1.807, 2.05) is 31.2 Å². The molecule has 0 bridgehead atoms. The van der Waals surface area contributed by atoms with E-state index in [2.05, 4.69) is 4.72 Å². The third-order valence-corrected chi connectivity index (χ3v) is 4.68. The first kappa shape index (κ1) is 14.3. The van der Waals surface area contributed by atoms with Gasteiger partial charge in [-0.1, -0.05) is 17.7 Å². The lowest BCUT2D eigenvalue weighted by Gasteiger charge is -2.24. The highest BCUT2D eigenvalue weighted by Crippen LogP contribution is 2.23. The van der Waals surface area contributed by atoms with Gasteiger partial charge in [0.05, 0.1) is 5.69 Å². The van der Waals surface area contributed by atoms with E-state index in [-0.39, 0.29) is 6.04 Å². The molecule has 0 aliphatic heterocycles. The summed E-state index contributed by atoms with van der Waals surface area (Å²) in [5.74, 6) is 0. The molecule has 5 nitrogen and oxygen atoms in total. The van der Waals surface area contributed by atoms with Gasteiger partial charge in [-0.05, 0) is 44.9 Å². The van der Waals surface area contributed by atoms with Crippen LogP contribution in [0.5, 0.6) is 0 Å². The van der Waals surface area contributed by atoms with Crippen molar-refractivity contribution >= 4 is 15.9 Å². The Morgan fingerprint density at radius 2 is 1.95 bits per heavy atom. The Bertz CT molecular complexity index is 509. The first-order chi connectivity index (χ1) is 9.03. The van der Waals surface area contributed by atoms with Crippen molar-refractivity contribution in [1.29, 1.82) is 0 Å². The third-order valence-electron chi connectivity index (χ3n) is 3.07. The van der Waals surface area contributed by atoms with Crippen molar-refractivity contribution in [1.82, 2.24) is 4.72 Å². The largest absolute Gasteiger partial charge is 0.330 e. The van der Waals surface area contributed by atoms with Crippen molar-refractivity contribution in [2.75, 3.05) is 17.4 Å². The van der Waals surface area contributed by atoms with Crippen LogP contribution in [-0.2, 0) is 10.2 Å². The maximum atomic E-state index is 12.3. The molecule has 19 heavy (non-hydrogen) atoms. The zero-order valence-corrected chi connectivity index (χ0v) is 12.0. The summed E-state index contributed by atoms with van der Waals surface area (Å²) in [6.45, 7) is 2.86. The van der Waals surface area contributed by atoms with E-state index in [0.717, 1.165) is 18.4 Å². The second-order valence-electron chi connectivity index (χ2n) is 4.95. The summed E-state index contributed by atoms with van der Waals surface area (Å²) < 4.78 is 28.8. The predicted octanol–water partition coefficient (Wildman–Crippen LogP) is 1.15. The van der Waals surface area contributed by atoms with Gasteiger partial charge in [-0.15, -0.1) is 0 Å². The van der Waals surface area contributed by atoms with E-state index in [0.29, 0.717) is 25.2 Å². The van der Waals surface area contributed by atoms with Crippen LogP contribution in [-0.4, -0.2) is 27.5 Å². The SMILES string of the molecule is Cc1ccc(N(CCCN)S(=O)(=O)NC2CC2)cc1. The monoisotopic (exact) mass is 283 g/mol. The Hall–Kier alpha value is -1.11. The van der Waals surface area contributed by atoms with Crippen LogP contribution in [0, 0.1) is 6.92 Å². The summed E-state index contributed by atoms with van der Waals surface area (Å²) in [6, 6.07) is 7.60. The molecule has 1 aliphatic rings. The molecule has 0 radical (unpaired) electrons. The van der Waals surface area contributed by atoms with E-state index in [9.17, 15) is 8.42 Å². The Labute approximate surface area is 115 Å². The smallest absolute Gasteiger partial charge is 0.301 e. The van der Waals surface area contributed by atoms with Gasteiger partial charge < -0.3 is 5.73 Å². The summed E-state index contributed by atoms with van der Waals surface area (Å²) in [5.41, 5.74) is 7.29. The lowest BCUT2D eigenvalue weighted by Crippen LogP contribution is -2.42. The molecule has 0 heterocycles. The van der Waals surface area contributed by atoms with Gasteiger partial charge in [0.15, 0.2) is 0 Å². The maximum Gasteiger partial charge on any atom is 0.301 e. The normalized spacial score (nSPS) is 15.5.